The van der Waals surface area contributed by atoms with Gasteiger partial charge in [0, 0.05) is 16.8 Å². The number of alkyl halides is 3. The first-order valence-corrected chi connectivity index (χ1v) is 8.61. The van der Waals surface area contributed by atoms with Crippen LogP contribution in [0.5, 0.6) is 0 Å². The molecule has 1 aromatic rings. The first-order chi connectivity index (χ1) is 9.40. The van der Waals surface area contributed by atoms with Crippen molar-refractivity contribution in [1.82, 2.24) is 5.32 Å². The van der Waals surface area contributed by atoms with E-state index in [1.165, 1.54) is 6.92 Å². The Labute approximate surface area is 128 Å². The van der Waals surface area contributed by atoms with Crippen LogP contribution in [0.25, 0.3) is 0 Å². The summed E-state index contributed by atoms with van der Waals surface area (Å²) in [7, 11) is -3.30. The van der Waals surface area contributed by atoms with E-state index in [0.29, 0.717) is 6.07 Å². The largest absolute Gasteiger partial charge is 0.416 e. The Balaban J connectivity index is 2.97. The van der Waals surface area contributed by atoms with Crippen LogP contribution in [0.3, 0.4) is 0 Å². The van der Waals surface area contributed by atoms with Crippen molar-refractivity contribution in [3.63, 3.8) is 0 Å². The molecule has 0 fully saturated rings. The van der Waals surface area contributed by atoms with Crippen molar-refractivity contribution in [2.45, 2.75) is 19.1 Å². The first kappa shape index (κ1) is 18.0. The van der Waals surface area contributed by atoms with Crippen molar-refractivity contribution in [2.75, 3.05) is 12.0 Å². The van der Waals surface area contributed by atoms with Crippen LogP contribution in [0.4, 0.5) is 13.2 Å². The molecule has 0 radical (unpaired) electrons. The zero-order chi connectivity index (χ0) is 16.4. The molecule has 1 N–H and O–H groups in total. The van der Waals surface area contributed by atoms with Gasteiger partial charge in [-0.2, -0.15) is 13.2 Å². The third-order valence-electron chi connectivity index (χ3n) is 2.47. The zero-order valence-electron chi connectivity index (χ0n) is 11.2. The van der Waals surface area contributed by atoms with Crippen molar-refractivity contribution in [3.05, 3.63) is 33.8 Å². The SMILES string of the molecule is CC(CS(C)(=O)=O)NC(=O)c1cc(C(F)(F)F)ccc1Br. The van der Waals surface area contributed by atoms with Gasteiger partial charge >= 0.3 is 6.18 Å². The highest BCUT2D eigenvalue weighted by Gasteiger charge is 2.31. The molecule has 0 saturated carbocycles. The molecule has 9 heteroatoms. The summed E-state index contributed by atoms with van der Waals surface area (Å²) in [5.74, 6) is -1.07. The molecular formula is C12H13BrF3NO3S. The third kappa shape index (κ3) is 5.66. The number of nitrogens with one attached hydrogen (secondary N) is 1. The van der Waals surface area contributed by atoms with Crippen LogP contribution in [0.15, 0.2) is 22.7 Å². The zero-order valence-corrected chi connectivity index (χ0v) is 13.6. The minimum Gasteiger partial charge on any atom is -0.349 e. The molecule has 0 bridgehead atoms. The predicted octanol–water partition coefficient (Wildman–Crippen LogP) is 2.63. The fourth-order valence-electron chi connectivity index (χ4n) is 1.67. The molecule has 1 aromatic carbocycles. The number of sulfone groups is 1. The first-order valence-electron chi connectivity index (χ1n) is 5.75. The summed E-state index contributed by atoms with van der Waals surface area (Å²) in [5, 5.41) is 2.36. The van der Waals surface area contributed by atoms with Gasteiger partial charge < -0.3 is 5.32 Å². The van der Waals surface area contributed by atoms with Crippen LogP contribution < -0.4 is 5.32 Å². The summed E-state index contributed by atoms with van der Waals surface area (Å²) < 4.78 is 60.3. The standard InChI is InChI=1S/C12H13BrF3NO3S/c1-7(6-21(2,19)20)17-11(18)9-5-8(12(14,15)16)3-4-10(9)13/h3-5,7H,6H2,1-2H3,(H,17,18). The molecule has 118 valence electrons. The van der Waals surface area contributed by atoms with E-state index in [1.54, 1.807) is 0 Å². The summed E-state index contributed by atoms with van der Waals surface area (Å²) in [6, 6.07) is 1.97. The summed E-state index contributed by atoms with van der Waals surface area (Å²) in [6.07, 6.45) is -3.55. The van der Waals surface area contributed by atoms with Crippen LogP contribution in [-0.2, 0) is 16.0 Å². The topological polar surface area (TPSA) is 63.2 Å². The molecule has 0 saturated heterocycles. The van der Waals surface area contributed by atoms with Gasteiger partial charge in [-0.25, -0.2) is 8.42 Å². The lowest BCUT2D eigenvalue weighted by Gasteiger charge is -2.15. The van der Waals surface area contributed by atoms with Gasteiger partial charge in [0.15, 0.2) is 0 Å². The van der Waals surface area contributed by atoms with Crippen molar-refractivity contribution in [1.29, 1.82) is 0 Å². The van der Waals surface area contributed by atoms with Crippen LogP contribution in [0.1, 0.15) is 22.8 Å². The summed E-state index contributed by atoms with van der Waals surface area (Å²) >= 11 is 3.00. The van der Waals surface area contributed by atoms with E-state index in [4.69, 9.17) is 0 Å². The Hall–Kier alpha value is -1.09. The van der Waals surface area contributed by atoms with E-state index < -0.39 is 33.5 Å². The molecule has 21 heavy (non-hydrogen) atoms. The highest BCUT2D eigenvalue weighted by Crippen LogP contribution is 2.31. The number of carbonyl (C=O) groups excluding carboxylic acids is 1. The molecule has 0 spiro atoms. The second-order valence-electron chi connectivity index (χ2n) is 4.66. The summed E-state index contributed by atoms with van der Waals surface area (Å²) in [4.78, 5) is 11.9. The van der Waals surface area contributed by atoms with Gasteiger partial charge in [0.25, 0.3) is 5.91 Å². The maximum absolute atomic E-state index is 12.6. The van der Waals surface area contributed by atoms with Gasteiger partial charge in [0.05, 0.1) is 16.9 Å². The van der Waals surface area contributed by atoms with Gasteiger partial charge in [0.2, 0.25) is 0 Å². The number of benzene rings is 1. The van der Waals surface area contributed by atoms with Gasteiger partial charge in [-0.05, 0) is 41.1 Å². The molecule has 0 aliphatic heterocycles. The van der Waals surface area contributed by atoms with Crippen LogP contribution in [0, 0.1) is 0 Å². The second-order valence-corrected chi connectivity index (χ2v) is 7.70. The molecule has 1 amide bonds. The Bertz CT molecular complexity index is 644. The van der Waals surface area contributed by atoms with Gasteiger partial charge in [0.1, 0.15) is 9.84 Å². The van der Waals surface area contributed by atoms with Crippen molar-refractivity contribution in [2.24, 2.45) is 0 Å². The molecule has 0 heterocycles. The van der Waals surface area contributed by atoms with Gasteiger partial charge in [-0.1, -0.05) is 0 Å². The van der Waals surface area contributed by atoms with Crippen molar-refractivity contribution >= 4 is 31.7 Å². The molecule has 0 aliphatic rings. The maximum atomic E-state index is 12.6. The fraction of sp³-hybridized carbons (Fsp3) is 0.417. The van der Waals surface area contributed by atoms with E-state index in [-0.39, 0.29) is 15.8 Å². The van der Waals surface area contributed by atoms with Gasteiger partial charge in [-0.3, -0.25) is 4.79 Å². The molecular weight excluding hydrogens is 375 g/mol. The number of hydrogen-bond acceptors (Lipinski definition) is 3. The van der Waals surface area contributed by atoms with E-state index in [0.717, 1.165) is 18.4 Å². The lowest BCUT2D eigenvalue weighted by atomic mass is 10.1. The molecule has 1 rings (SSSR count). The Morgan fingerprint density at radius 1 is 1.38 bits per heavy atom. The maximum Gasteiger partial charge on any atom is 0.416 e. The highest BCUT2D eigenvalue weighted by molar-refractivity contribution is 9.10. The molecule has 4 nitrogen and oxygen atoms in total. The minimum absolute atomic E-state index is 0.194. The monoisotopic (exact) mass is 387 g/mol. The lowest BCUT2D eigenvalue weighted by Crippen LogP contribution is -2.37. The molecule has 0 aliphatic carbocycles. The minimum atomic E-state index is -4.56. The summed E-state index contributed by atoms with van der Waals surface area (Å²) in [6.45, 7) is 1.46. The average Bonchev–Trinajstić information content (AvgIpc) is 2.24. The number of carbonyl (C=O) groups is 1. The number of rotatable bonds is 4. The fourth-order valence-corrected chi connectivity index (χ4v) is 3.09. The molecule has 0 aromatic heterocycles. The van der Waals surface area contributed by atoms with E-state index in [1.807, 2.05) is 0 Å². The highest BCUT2D eigenvalue weighted by atomic mass is 79.9. The number of amides is 1. The smallest absolute Gasteiger partial charge is 0.349 e. The Morgan fingerprint density at radius 3 is 2.43 bits per heavy atom. The van der Waals surface area contributed by atoms with Crippen molar-refractivity contribution < 1.29 is 26.4 Å². The Morgan fingerprint density at radius 2 is 1.95 bits per heavy atom. The van der Waals surface area contributed by atoms with Crippen LogP contribution >= 0.6 is 15.9 Å². The number of halogens is 4. The lowest BCUT2D eigenvalue weighted by molar-refractivity contribution is -0.137. The third-order valence-corrected chi connectivity index (χ3v) is 4.27. The van der Waals surface area contributed by atoms with E-state index in [2.05, 4.69) is 21.2 Å². The van der Waals surface area contributed by atoms with E-state index >= 15 is 0 Å². The van der Waals surface area contributed by atoms with E-state index in [9.17, 15) is 26.4 Å². The number of hydrogen-bond donors (Lipinski definition) is 1. The Kier molecular flexibility index (Phi) is 5.43. The van der Waals surface area contributed by atoms with Gasteiger partial charge in [-0.15, -0.1) is 0 Å². The summed E-state index contributed by atoms with van der Waals surface area (Å²) in [5.41, 5.74) is -1.16. The van der Waals surface area contributed by atoms with Crippen LogP contribution in [-0.4, -0.2) is 32.4 Å². The second kappa shape index (κ2) is 6.35. The molecule has 1 atom stereocenters. The van der Waals surface area contributed by atoms with Crippen molar-refractivity contribution in [3.8, 4) is 0 Å². The average molecular weight is 388 g/mol. The van der Waals surface area contributed by atoms with Crippen LogP contribution in [0.2, 0.25) is 0 Å². The predicted molar refractivity (Wildman–Crippen MR) is 75.8 cm³/mol. The normalized spacial score (nSPS) is 13.8. The molecule has 1 unspecified atom stereocenters. The quantitative estimate of drug-likeness (QED) is 0.863.